The van der Waals surface area contributed by atoms with Crippen LogP contribution in [0.5, 0.6) is 23.0 Å². The molecule has 4 rings (SSSR count). The van der Waals surface area contributed by atoms with Crippen LogP contribution in [0, 0.1) is 0 Å². The van der Waals surface area contributed by atoms with E-state index < -0.39 is 32.9 Å². The maximum Gasteiger partial charge on any atom is 0.534 e. The fraction of sp³-hybridized carbons (Fsp3) is 0.267. The fourth-order valence-electron chi connectivity index (χ4n) is 2.91. The lowest BCUT2D eigenvalue weighted by Crippen LogP contribution is -2.28. The Bertz CT molecular complexity index is 1090. The molecule has 0 amide bonds. The Morgan fingerprint density at radius 1 is 1.04 bits per heavy atom. The van der Waals surface area contributed by atoms with Gasteiger partial charge in [0.25, 0.3) is 0 Å². The fourth-order valence-corrected chi connectivity index (χ4v) is 3.39. The summed E-state index contributed by atoms with van der Waals surface area (Å²) in [5.41, 5.74) is -6.07. The van der Waals surface area contributed by atoms with Gasteiger partial charge in [-0.25, -0.2) is 4.79 Å². The lowest BCUT2D eigenvalue weighted by Gasteiger charge is -2.16. The molecule has 2 aromatic rings. The summed E-state index contributed by atoms with van der Waals surface area (Å²) in [5.74, 6) is -1.30. The number of carbonyl (C=O) groups excluding carboxylic acids is 1. The van der Waals surface area contributed by atoms with Crippen molar-refractivity contribution in [2.75, 3.05) is 13.9 Å². The minimum atomic E-state index is -6.04. The molecule has 2 aliphatic heterocycles. The molecule has 0 atom stereocenters. The summed E-state index contributed by atoms with van der Waals surface area (Å²) < 4.78 is 86.5. The predicted octanol–water partition coefficient (Wildman–Crippen LogP) is 2.48. The highest BCUT2D eigenvalue weighted by Gasteiger charge is 2.50. The van der Waals surface area contributed by atoms with E-state index in [-0.39, 0.29) is 47.0 Å². The third kappa shape index (κ3) is 2.51. The van der Waals surface area contributed by atoms with E-state index in [0.29, 0.717) is 0 Å². The van der Waals surface area contributed by atoms with Gasteiger partial charge in [-0.3, -0.25) is 0 Å². The van der Waals surface area contributed by atoms with Crippen molar-refractivity contribution in [3.63, 3.8) is 0 Å². The third-order valence-electron chi connectivity index (χ3n) is 4.04. The molecule has 0 saturated heterocycles. The smallest absolute Gasteiger partial charge is 0.496 e. The van der Waals surface area contributed by atoms with Crippen LogP contribution >= 0.6 is 0 Å². The summed E-state index contributed by atoms with van der Waals surface area (Å²) in [6.45, 7) is -0.448. The lowest BCUT2D eigenvalue weighted by molar-refractivity contribution is -0.0500. The quantitative estimate of drug-likeness (QED) is 0.436. The number of esters is 1. The summed E-state index contributed by atoms with van der Waals surface area (Å²) in [4.78, 5) is 12.1. The van der Waals surface area contributed by atoms with Crippen LogP contribution in [0.25, 0.3) is 10.8 Å². The maximum absolute atomic E-state index is 12.8. The lowest BCUT2D eigenvalue weighted by atomic mass is 9.98. The van der Waals surface area contributed by atoms with E-state index in [1.807, 2.05) is 0 Å². The van der Waals surface area contributed by atoms with Crippen molar-refractivity contribution >= 4 is 26.9 Å². The van der Waals surface area contributed by atoms with E-state index >= 15 is 0 Å². The largest absolute Gasteiger partial charge is 0.534 e. The van der Waals surface area contributed by atoms with E-state index in [1.165, 1.54) is 19.2 Å². The van der Waals surface area contributed by atoms with Gasteiger partial charge in [-0.05, 0) is 12.1 Å². The first kappa shape index (κ1) is 17.5. The molecule has 0 aliphatic carbocycles. The Hall–Kier alpha value is -2.89. The molecule has 27 heavy (non-hydrogen) atoms. The van der Waals surface area contributed by atoms with Gasteiger partial charge >= 0.3 is 21.6 Å². The number of halogens is 3. The molecule has 0 N–H and O–H groups in total. The van der Waals surface area contributed by atoms with Gasteiger partial charge in [-0.15, -0.1) is 0 Å². The second-order valence-corrected chi connectivity index (χ2v) is 7.06. The van der Waals surface area contributed by atoms with Crippen molar-refractivity contribution in [3.05, 3.63) is 23.3 Å². The summed E-state index contributed by atoms with van der Waals surface area (Å²) in [7, 11) is -4.75. The van der Waals surface area contributed by atoms with E-state index in [1.54, 1.807) is 0 Å². The van der Waals surface area contributed by atoms with Crippen molar-refractivity contribution in [1.29, 1.82) is 0 Å². The predicted molar refractivity (Wildman–Crippen MR) is 81.3 cm³/mol. The topological polar surface area (TPSA) is 97.4 Å². The van der Waals surface area contributed by atoms with Crippen LogP contribution in [0.2, 0.25) is 0 Å². The summed E-state index contributed by atoms with van der Waals surface area (Å²) in [6, 6.07) is 2.61. The van der Waals surface area contributed by atoms with Gasteiger partial charge in [0.15, 0.2) is 17.2 Å². The first-order valence-corrected chi connectivity index (χ1v) is 8.69. The zero-order chi connectivity index (χ0) is 19.6. The van der Waals surface area contributed by atoms with E-state index in [4.69, 9.17) is 18.9 Å². The summed E-state index contributed by atoms with van der Waals surface area (Å²) in [6.07, 6.45) is 0. The number of hydrogen-bond donors (Lipinski definition) is 0. The monoisotopic (exact) mass is 406 g/mol. The first-order chi connectivity index (χ1) is 12.6. The molecule has 0 fully saturated rings. The van der Waals surface area contributed by atoms with E-state index in [9.17, 15) is 26.4 Å². The normalized spacial score (nSPS) is 15.6. The first-order valence-electron chi connectivity index (χ1n) is 7.28. The SMILES string of the molecule is COc1c2c(c(OS(=O)(=O)C(F)(F)F)c3cc4c(cc13)OCO4)C(=O)OC2. The van der Waals surface area contributed by atoms with Crippen LogP contribution in [0.1, 0.15) is 15.9 Å². The average molecular weight is 406 g/mol. The molecule has 8 nitrogen and oxygen atoms in total. The number of cyclic esters (lactones) is 1. The molecule has 0 unspecified atom stereocenters. The molecule has 2 aromatic carbocycles. The van der Waals surface area contributed by atoms with Crippen LogP contribution in [0.4, 0.5) is 13.2 Å². The summed E-state index contributed by atoms with van der Waals surface area (Å²) in [5, 5.41) is 0.0349. The number of rotatable bonds is 3. The molecule has 144 valence electrons. The highest BCUT2D eigenvalue weighted by atomic mass is 32.2. The van der Waals surface area contributed by atoms with Crippen LogP contribution in [0.15, 0.2) is 12.1 Å². The number of hydrogen-bond acceptors (Lipinski definition) is 8. The standard InChI is InChI=1S/C15H9F3O8S/c1-22-12-6-2-9-10(25-5-24-9)3-7(6)13(11-8(12)4-23-14(11)19)26-27(20,21)15(16,17)18/h2-3H,4-5H2,1H3. The molecule has 2 heterocycles. The van der Waals surface area contributed by atoms with E-state index in [0.717, 1.165) is 0 Å². The number of carbonyl (C=O) groups is 1. The number of fused-ring (bicyclic) bond motifs is 3. The minimum Gasteiger partial charge on any atom is -0.496 e. The van der Waals surface area contributed by atoms with Crippen LogP contribution in [-0.4, -0.2) is 33.8 Å². The number of benzene rings is 2. The molecule has 0 radical (unpaired) electrons. The Labute approximate surface area is 149 Å². The highest BCUT2D eigenvalue weighted by Crippen LogP contribution is 2.49. The van der Waals surface area contributed by atoms with Crippen molar-refractivity contribution < 1.29 is 49.5 Å². The molecule has 0 saturated carbocycles. The molecule has 0 aromatic heterocycles. The number of alkyl halides is 3. The highest BCUT2D eigenvalue weighted by molar-refractivity contribution is 7.88. The Morgan fingerprint density at radius 3 is 2.19 bits per heavy atom. The van der Waals surface area contributed by atoms with Gasteiger partial charge in [0, 0.05) is 10.8 Å². The zero-order valence-electron chi connectivity index (χ0n) is 13.4. The number of methoxy groups -OCH3 is 1. The molecule has 12 heteroatoms. The van der Waals surface area contributed by atoms with E-state index in [2.05, 4.69) is 4.18 Å². The van der Waals surface area contributed by atoms with Gasteiger partial charge in [0.05, 0.1) is 12.7 Å². The van der Waals surface area contributed by atoms with Crippen molar-refractivity contribution in [3.8, 4) is 23.0 Å². The van der Waals surface area contributed by atoms with Crippen molar-refractivity contribution in [2.45, 2.75) is 12.1 Å². The van der Waals surface area contributed by atoms with Gasteiger partial charge in [0.2, 0.25) is 6.79 Å². The molecular formula is C15H9F3O8S. The summed E-state index contributed by atoms with van der Waals surface area (Å²) >= 11 is 0. The maximum atomic E-state index is 12.8. The molecule has 0 bridgehead atoms. The average Bonchev–Trinajstić information content (AvgIpc) is 3.18. The van der Waals surface area contributed by atoms with Gasteiger partial charge in [-0.1, -0.05) is 0 Å². The second kappa shape index (κ2) is 5.55. The second-order valence-electron chi connectivity index (χ2n) is 5.53. The van der Waals surface area contributed by atoms with Crippen LogP contribution in [0.3, 0.4) is 0 Å². The van der Waals surface area contributed by atoms with Gasteiger partial charge in [0.1, 0.15) is 17.9 Å². The van der Waals surface area contributed by atoms with Gasteiger partial charge in [-0.2, -0.15) is 21.6 Å². The zero-order valence-corrected chi connectivity index (χ0v) is 14.2. The molecule has 0 spiro atoms. The minimum absolute atomic E-state index is 0.0706. The van der Waals surface area contributed by atoms with Crippen molar-refractivity contribution in [1.82, 2.24) is 0 Å². The van der Waals surface area contributed by atoms with Crippen LogP contribution < -0.4 is 18.4 Å². The van der Waals surface area contributed by atoms with Gasteiger partial charge < -0.3 is 23.1 Å². The van der Waals surface area contributed by atoms with Crippen molar-refractivity contribution in [2.24, 2.45) is 0 Å². The Kier molecular flexibility index (Phi) is 3.60. The molecular weight excluding hydrogens is 397 g/mol. The number of ether oxygens (including phenoxy) is 4. The Balaban J connectivity index is 2.08. The third-order valence-corrected chi connectivity index (χ3v) is 4.99. The molecule has 2 aliphatic rings. The Morgan fingerprint density at radius 2 is 1.63 bits per heavy atom. The van der Waals surface area contributed by atoms with Crippen LogP contribution in [-0.2, 0) is 21.5 Å².